The van der Waals surface area contributed by atoms with E-state index in [4.69, 9.17) is 10.1 Å². The van der Waals surface area contributed by atoms with E-state index in [0.29, 0.717) is 12.3 Å². The van der Waals surface area contributed by atoms with Crippen molar-refractivity contribution in [2.45, 2.75) is 33.1 Å². The maximum Gasteiger partial charge on any atom is 0.314 e. The second-order valence-electron chi connectivity index (χ2n) is 3.69. The highest BCUT2D eigenvalue weighted by Crippen LogP contribution is 2.29. The third-order valence-corrected chi connectivity index (χ3v) is 2.52. The fraction of sp³-hybridized carbons (Fsp3) is 0.800. The lowest BCUT2D eigenvalue weighted by Gasteiger charge is -2.13. The van der Waals surface area contributed by atoms with Crippen molar-refractivity contribution in [1.82, 2.24) is 0 Å². The second-order valence-corrected chi connectivity index (χ2v) is 3.69. The summed E-state index contributed by atoms with van der Waals surface area (Å²) in [5, 5.41) is 7.60. The average Bonchev–Trinajstić information content (AvgIpc) is 2.42. The molecule has 0 aromatic heterocycles. The smallest absolute Gasteiger partial charge is 0.314 e. The van der Waals surface area contributed by atoms with Crippen molar-refractivity contribution in [1.29, 1.82) is 5.41 Å². The Balaban J connectivity index is 2.49. The molecule has 74 valence electrons. The van der Waals surface area contributed by atoms with Crippen LogP contribution in [0.2, 0.25) is 0 Å². The van der Waals surface area contributed by atoms with Crippen LogP contribution in [0.5, 0.6) is 0 Å². The molecule has 1 aliphatic carbocycles. The Kier molecular flexibility index (Phi) is 3.46. The summed E-state index contributed by atoms with van der Waals surface area (Å²) in [4.78, 5) is 11.5. The molecule has 0 spiro atoms. The molecule has 13 heavy (non-hydrogen) atoms. The highest BCUT2D eigenvalue weighted by atomic mass is 16.5. The van der Waals surface area contributed by atoms with E-state index in [-0.39, 0.29) is 17.8 Å². The first-order valence-electron chi connectivity index (χ1n) is 4.90. The first-order chi connectivity index (χ1) is 6.16. The van der Waals surface area contributed by atoms with Gasteiger partial charge in [-0.15, -0.1) is 0 Å². The zero-order valence-corrected chi connectivity index (χ0v) is 8.30. The summed E-state index contributed by atoms with van der Waals surface area (Å²) in [6.45, 7) is 4.46. The standard InChI is InChI=1S/C10H17NO2/c1-3-6-13-10(12)9-7(2)4-5-8(9)11/h7,9,11H,3-6H2,1-2H3. The van der Waals surface area contributed by atoms with Crippen molar-refractivity contribution < 1.29 is 9.53 Å². The van der Waals surface area contributed by atoms with Crippen LogP contribution in [0.25, 0.3) is 0 Å². The van der Waals surface area contributed by atoms with Gasteiger partial charge < -0.3 is 10.1 Å². The number of carbonyl (C=O) groups is 1. The van der Waals surface area contributed by atoms with Gasteiger partial charge in [0.05, 0.1) is 12.5 Å². The van der Waals surface area contributed by atoms with Crippen molar-refractivity contribution in [2.24, 2.45) is 11.8 Å². The molecule has 1 rings (SSSR count). The lowest BCUT2D eigenvalue weighted by atomic mass is 9.97. The predicted molar refractivity (Wildman–Crippen MR) is 50.9 cm³/mol. The quantitative estimate of drug-likeness (QED) is 0.680. The maximum atomic E-state index is 11.5. The molecule has 0 bridgehead atoms. The summed E-state index contributed by atoms with van der Waals surface area (Å²) in [5.41, 5.74) is 0.550. The van der Waals surface area contributed by atoms with Gasteiger partial charge in [0.2, 0.25) is 0 Å². The van der Waals surface area contributed by atoms with Gasteiger partial charge in [-0.2, -0.15) is 0 Å². The number of hydrogen-bond donors (Lipinski definition) is 1. The number of carbonyl (C=O) groups excluding carboxylic acids is 1. The third-order valence-electron chi connectivity index (χ3n) is 2.52. The van der Waals surface area contributed by atoms with E-state index in [1.54, 1.807) is 0 Å². The van der Waals surface area contributed by atoms with E-state index in [1.165, 1.54) is 0 Å². The Hall–Kier alpha value is -0.860. The summed E-state index contributed by atoms with van der Waals surface area (Å²) < 4.78 is 5.04. The predicted octanol–water partition coefficient (Wildman–Crippen LogP) is 2.01. The van der Waals surface area contributed by atoms with E-state index in [0.717, 1.165) is 19.3 Å². The SMILES string of the molecule is CCCOC(=O)C1C(=N)CCC1C. The molecule has 1 fully saturated rings. The molecule has 3 heteroatoms. The fourth-order valence-electron chi connectivity index (χ4n) is 1.72. The van der Waals surface area contributed by atoms with E-state index in [2.05, 4.69) is 0 Å². The van der Waals surface area contributed by atoms with Gasteiger partial charge in [-0.05, 0) is 25.2 Å². The van der Waals surface area contributed by atoms with Gasteiger partial charge in [0.25, 0.3) is 0 Å². The number of nitrogens with one attached hydrogen (secondary N) is 1. The van der Waals surface area contributed by atoms with Crippen LogP contribution in [0, 0.1) is 17.2 Å². The normalized spacial score (nSPS) is 27.7. The van der Waals surface area contributed by atoms with Crippen LogP contribution in [0.1, 0.15) is 33.1 Å². The van der Waals surface area contributed by atoms with Crippen LogP contribution in [0.3, 0.4) is 0 Å². The van der Waals surface area contributed by atoms with E-state index < -0.39 is 0 Å². The van der Waals surface area contributed by atoms with Crippen LogP contribution in [0.15, 0.2) is 0 Å². The third kappa shape index (κ3) is 2.29. The minimum atomic E-state index is -0.258. The van der Waals surface area contributed by atoms with Crippen molar-refractivity contribution in [3.63, 3.8) is 0 Å². The van der Waals surface area contributed by atoms with Crippen LogP contribution >= 0.6 is 0 Å². The molecule has 2 atom stereocenters. The molecule has 0 aliphatic heterocycles. The minimum Gasteiger partial charge on any atom is -0.465 e. The van der Waals surface area contributed by atoms with Gasteiger partial charge in [-0.3, -0.25) is 4.79 Å². The fourth-order valence-corrected chi connectivity index (χ4v) is 1.72. The molecule has 0 aromatic carbocycles. The van der Waals surface area contributed by atoms with Crippen LogP contribution in [-0.2, 0) is 9.53 Å². The Morgan fingerprint density at radius 2 is 2.38 bits per heavy atom. The van der Waals surface area contributed by atoms with Gasteiger partial charge in [0, 0.05) is 5.71 Å². The molecular formula is C10H17NO2. The van der Waals surface area contributed by atoms with Crippen LogP contribution < -0.4 is 0 Å². The molecular weight excluding hydrogens is 166 g/mol. The summed E-state index contributed by atoms with van der Waals surface area (Å²) in [6.07, 6.45) is 2.55. The average molecular weight is 183 g/mol. The minimum absolute atomic E-state index is 0.197. The summed E-state index contributed by atoms with van der Waals surface area (Å²) >= 11 is 0. The van der Waals surface area contributed by atoms with Crippen LogP contribution in [0.4, 0.5) is 0 Å². The zero-order valence-electron chi connectivity index (χ0n) is 8.30. The highest BCUT2D eigenvalue weighted by molar-refractivity contribution is 6.02. The largest absolute Gasteiger partial charge is 0.465 e. The van der Waals surface area contributed by atoms with E-state index in [1.807, 2.05) is 13.8 Å². The molecule has 1 N–H and O–H groups in total. The van der Waals surface area contributed by atoms with Gasteiger partial charge in [-0.1, -0.05) is 13.8 Å². The number of rotatable bonds is 3. The van der Waals surface area contributed by atoms with Crippen molar-refractivity contribution in [2.75, 3.05) is 6.61 Å². The summed E-state index contributed by atoms with van der Waals surface area (Å²) in [5.74, 6) is -0.166. The van der Waals surface area contributed by atoms with Gasteiger partial charge in [-0.25, -0.2) is 0 Å². The van der Waals surface area contributed by atoms with Crippen LogP contribution in [-0.4, -0.2) is 18.3 Å². The molecule has 0 aromatic rings. The monoisotopic (exact) mass is 183 g/mol. The lowest BCUT2D eigenvalue weighted by Crippen LogP contribution is -2.25. The topological polar surface area (TPSA) is 50.2 Å². The van der Waals surface area contributed by atoms with Crippen molar-refractivity contribution >= 4 is 11.7 Å². The maximum absolute atomic E-state index is 11.5. The molecule has 0 radical (unpaired) electrons. The molecule has 1 saturated carbocycles. The van der Waals surface area contributed by atoms with Crippen molar-refractivity contribution in [3.8, 4) is 0 Å². The molecule has 2 unspecified atom stereocenters. The molecule has 0 heterocycles. The number of ether oxygens (including phenoxy) is 1. The van der Waals surface area contributed by atoms with E-state index >= 15 is 0 Å². The molecule has 3 nitrogen and oxygen atoms in total. The molecule has 0 amide bonds. The summed E-state index contributed by atoms with van der Waals surface area (Å²) in [7, 11) is 0. The Morgan fingerprint density at radius 1 is 1.69 bits per heavy atom. The van der Waals surface area contributed by atoms with Gasteiger partial charge in [0.1, 0.15) is 0 Å². The van der Waals surface area contributed by atoms with Gasteiger partial charge in [0.15, 0.2) is 0 Å². The molecule has 0 saturated heterocycles. The molecule has 1 aliphatic rings. The number of esters is 1. The number of hydrogen-bond acceptors (Lipinski definition) is 3. The Morgan fingerprint density at radius 3 is 2.85 bits per heavy atom. The highest BCUT2D eigenvalue weighted by Gasteiger charge is 2.35. The zero-order chi connectivity index (χ0) is 9.84. The first kappa shape index (κ1) is 10.2. The lowest BCUT2D eigenvalue weighted by molar-refractivity contribution is -0.147. The Labute approximate surface area is 79.0 Å². The van der Waals surface area contributed by atoms with Gasteiger partial charge >= 0.3 is 5.97 Å². The first-order valence-corrected chi connectivity index (χ1v) is 4.90. The summed E-state index contributed by atoms with van der Waals surface area (Å²) in [6, 6.07) is 0. The second kappa shape index (κ2) is 4.40. The Bertz CT molecular complexity index is 213. The van der Waals surface area contributed by atoms with Crippen molar-refractivity contribution in [3.05, 3.63) is 0 Å². The van der Waals surface area contributed by atoms with E-state index in [9.17, 15) is 4.79 Å².